The fourth-order valence-electron chi connectivity index (χ4n) is 5.67. The molecular formula is C20H25NO4. The van der Waals surface area contributed by atoms with Gasteiger partial charge in [-0.05, 0) is 63.6 Å². The molecule has 4 aliphatic rings. The van der Waals surface area contributed by atoms with Gasteiger partial charge in [-0.15, -0.1) is 6.58 Å². The van der Waals surface area contributed by atoms with E-state index in [1.54, 1.807) is 6.92 Å². The van der Waals surface area contributed by atoms with Gasteiger partial charge in [-0.2, -0.15) is 0 Å². The van der Waals surface area contributed by atoms with Crippen molar-refractivity contribution in [1.29, 1.82) is 0 Å². The van der Waals surface area contributed by atoms with E-state index in [2.05, 4.69) is 11.5 Å². The Balaban J connectivity index is 2.02. The lowest BCUT2D eigenvalue weighted by Crippen LogP contribution is -2.65. The number of ether oxygens (including phenoxy) is 2. The van der Waals surface area contributed by atoms with Crippen molar-refractivity contribution in [3.05, 3.63) is 35.1 Å². The van der Waals surface area contributed by atoms with Crippen molar-refractivity contribution in [1.82, 2.24) is 4.90 Å². The second-order valence-corrected chi connectivity index (χ2v) is 7.51. The molecule has 0 saturated carbocycles. The van der Waals surface area contributed by atoms with Crippen LogP contribution in [0.4, 0.5) is 0 Å². The van der Waals surface area contributed by atoms with Crippen LogP contribution >= 0.6 is 0 Å². The highest BCUT2D eigenvalue weighted by molar-refractivity contribution is 6.14. The van der Waals surface area contributed by atoms with Crippen LogP contribution in [0.25, 0.3) is 0 Å². The van der Waals surface area contributed by atoms with E-state index >= 15 is 0 Å². The van der Waals surface area contributed by atoms with Crippen LogP contribution in [0.1, 0.15) is 46.0 Å². The van der Waals surface area contributed by atoms with Crippen molar-refractivity contribution in [3.8, 4) is 0 Å². The molecule has 2 saturated heterocycles. The molecule has 3 heterocycles. The standard InChI is InChI=1S/C20H25NO4/c1-5-14-9-10-19-15(8-6-7-11-21(14)19)12(2)16(22)20(19)17(24-4)13(3)18(23)25-20/h5,14H,1,6-11H2,2-4H3/t14-,19-,20+/m0/s1. The number of methoxy groups -OCH3 is 1. The lowest BCUT2D eigenvalue weighted by atomic mass is 9.73. The Labute approximate surface area is 148 Å². The molecule has 2 spiro atoms. The second-order valence-electron chi connectivity index (χ2n) is 7.51. The van der Waals surface area contributed by atoms with E-state index in [0.29, 0.717) is 11.3 Å². The van der Waals surface area contributed by atoms with Crippen LogP contribution < -0.4 is 0 Å². The SMILES string of the molecule is C=C[C@H]1CC[C@]23C(=C(C)C(=O)[C@]24OC(=O)C(C)=C4OC)CCCCN13. The zero-order valence-corrected chi connectivity index (χ0v) is 15.2. The Kier molecular flexibility index (Phi) is 3.52. The fraction of sp³-hybridized carbons (Fsp3) is 0.600. The van der Waals surface area contributed by atoms with Crippen LogP contribution in [-0.4, -0.2) is 47.5 Å². The topological polar surface area (TPSA) is 55.8 Å². The zero-order chi connectivity index (χ0) is 18.0. The first-order chi connectivity index (χ1) is 12.0. The third-order valence-corrected chi connectivity index (χ3v) is 6.65. The predicted octanol–water partition coefficient (Wildman–Crippen LogP) is 2.67. The third-order valence-electron chi connectivity index (χ3n) is 6.65. The average molecular weight is 343 g/mol. The Bertz CT molecular complexity index is 749. The van der Waals surface area contributed by atoms with Crippen molar-refractivity contribution in [2.24, 2.45) is 0 Å². The summed E-state index contributed by atoms with van der Waals surface area (Å²) in [5.74, 6) is -0.158. The number of nitrogens with zero attached hydrogens (tertiary/aromatic N) is 1. The van der Waals surface area contributed by atoms with E-state index in [1.807, 2.05) is 13.0 Å². The summed E-state index contributed by atoms with van der Waals surface area (Å²) in [4.78, 5) is 28.3. The fourth-order valence-corrected chi connectivity index (χ4v) is 5.67. The van der Waals surface area contributed by atoms with Crippen LogP contribution in [0.2, 0.25) is 0 Å². The number of esters is 1. The molecule has 5 heteroatoms. The second kappa shape index (κ2) is 5.31. The Hall–Kier alpha value is -1.88. The summed E-state index contributed by atoms with van der Waals surface area (Å²) in [5.41, 5.74) is 0.308. The zero-order valence-electron chi connectivity index (χ0n) is 15.2. The number of rotatable bonds is 2. The number of hydrogen-bond donors (Lipinski definition) is 0. The quantitative estimate of drug-likeness (QED) is 0.570. The molecule has 0 radical (unpaired) electrons. The molecule has 25 heavy (non-hydrogen) atoms. The van der Waals surface area contributed by atoms with Crippen LogP contribution in [0.3, 0.4) is 0 Å². The number of Topliss-reactive ketones (excluding diaryl/α,β-unsaturated/α-hetero) is 1. The molecule has 0 aromatic rings. The molecule has 2 fully saturated rings. The van der Waals surface area contributed by atoms with Crippen LogP contribution in [0.5, 0.6) is 0 Å². The average Bonchev–Trinajstić information content (AvgIpc) is 3.08. The highest BCUT2D eigenvalue weighted by Crippen LogP contribution is 2.61. The maximum atomic E-state index is 13.5. The molecular weight excluding hydrogens is 318 g/mol. The Morgan fingerprint density at radius 2 is 2.04 bits per heavy atom. The van der Waals surface area contributed by atoms with E-state index in [9.17, 15) is 9.59 Å². The first-order valence-corrected chi connectivity index (χ1v) is 9.08. The molecule has 3 aliphatic heterocycles. The van der Waals surface area contributed by atoms with Gasteiger partial charge in [0, 0.05) is 6.04 Å². The minimum absolute atomic E-state index is 0.110. The van der Waals surface area contributed by atoms with E-state index in [1.165, 1.54) is 7.11 Å². The van der Waals surface area contributed by atoms with Gasteiger partial charge in [-0.1, -0.05) is 6.08 Å². The van der Waals surface area contributed by atoms with E-state index in [0.717, 1.165) is 49.8 Å². The van der Waals surface area contributed by atoms with Crippen LogP contribution in [0.15, 0.2) is 35.1 Å². The van der Waals surface area contributed by atoms with Crippen molar-refractivity contribution < 1.29 is 19.1 Å². The molecule has 0 amide bonds. The third kappa shape index (κ3) is 1.67. The molecule has 0 unspecified atom stereocenters. The van der Waals surface area contributed by atoms with Gasteiger partial charge in [-0.3, -0.25) is 9.69 Å². The van der Waals surface area contributed by atoms with Crippen molar-refractivity contribution in [2.75, 3.05) is 13.7 Å². The monoisotopic (exact) mass is 343 g/mol. The highest BCUT2D eigenvalue weighted by Gasteiger charge is 2.75. The summed E-state index contributed by atoms with van der Waals surface area (Å²) in [7, 11) is 1.53. The maximum absolute atomic E-state index is 13.5. The van der Waals surface area contributed by atoms with Gasteiger partial charge in [-0.25, -0.2) is 4.79 Å². The largest absolute Gasteiger partial charge is 0.496 e. The van der Waals surface area contributed by atoms with Crippen LogP contribution in [0, 0.1) is 0 Å². The van der Waals surface area contributed by atoms with Gasteiger partial charge in [0.05, 0.1) is 18.2 Å². The van der Waals surface area contributed by atoms with Gasteiger partial charge < -0.3 is 9.47 Å². The van der Waals surface area contributed by atoms with Crippen molar-refractivity contribution in [3.63, 3.8) is 0 Å². The number of carbonyl (C=O) groups excluding carboxylic acids is 2. The van der Waals surface area contributed by atoms with E-state index < -0.39 is 17.1 Å². The molecule has 0 aromatic heterocycles. The Morgan fingerprint density at radius 1 is 1.28 bits per heavy atom. The maximum Gasteiger partial charge on any atom is 0.338 e. The van der Waals surface area contributed by atoms with Gasteiger partial charge in [0.2, 0.25) is 5.78 Å². The van der Waals surface area contributed by atoms with Gasteiger partial charge in [0.1, 0.15) is 0 Å². The lowest BCUT2D eigenvalue weighted by molar-refractivity contribution is -0.167. The van der Waals surface area contributed by atoms with Gasteiger partial charge >= 0.3 is 5.97 Å². The molecule has 4 rings (SSSR count). The smallest absolute Gasteiger partial charge is 0.338 e. The normalized spacial score (nSPS) is 38.1. The predicted molar refractivity (Wildman–Crippen MR) is 92.7 cm³/mol. The van der Waals surface area contributed by atoms with Gasteiger partial charge in [0.15, 0.2) is 5.76 Å². The molecule has 134 valence electrons. The number of carbonyl (C=O) groups is 2. The Morgan fingerprint density at radius 3 is 2.72 bits per heavy atom. The highest BCUT2D eigenvalue weighted by atomic mass is 16.6. The summed E-state index contributed by atoms with van der Waals surface area (Å²) in [5, 5.41) is 0. The first-order valence-electron chi connectivity index (χ1n) is 9.08. The first kappa shape index (κ1) is 16.6. The van der Waals surface area contributed by atoms with Crippen molar-refractivity contribution >= 4 is 11.8 Å². The molecule has 1 aliphatic carbocycles. The molecule has 0 bridgehead atoms. The van der Waals surface area contributed by atoms with E-state index in [4.69, 9.17) is 9.47 Å². The molecule has 3 atom stereocenters. The number of hydrogen-bond acceptors (Lipinski definition) is 5. The summed E-state index contributed by atoms with van der Waals surface area (Å²) in [6.07, 6.45) is 6.61. The van der Waals surface area contributed by atoms with Crippen molar-refractivity contribution in [2.45, 2.75) is 63.1 Å². The van der Waals surface area contributed by atoms with Gasteiger partial charge in [0.25, 0.3) is 5.60 Å². The van der Waals surface area contributed by atoms with Crippen LogP contribution in [-0.2, 0) is 19.1 Å². The summed E-state index contributed by atoms with van der Waals surface area (Å²) >= 11 is 0. The summed E-state index contributed by atoms with van der Waals surface area (Å²) < 4.78 is 11.6. The molecule has 5 nitrogen and oxygen atoms in total. The minimum Gasteiger partial charge on any atom is -0.496 e. The molecule has 0 aromatic carbocycles. The summed E-state index contributed by atoms with van der Waals surface area (Å²) in [6, 6.07) is 0.182. The number of ketones is 1. The minimum atomic E-state index is -1.36. The molecule has 0 N–H and O–H groups in total. The lowest BCUT2D eigenvalue weighted by Gasteiger charge is -2.47. The summed E-state index contributed by atoms with van der Waals surface area (Å²) in [6.45, 7) is 8.45. The van der Waals surface area contributed by atoms with E-state index in [-0.39, 0.29) is 11.8 Å².